The summed E-state index contributed by atoms with van der Waals surface area (Å²) in [5.74, 6) is -1.59. The van der Waals surface area contributed by atoms with Crippen LogP contribution in [0.5, 0.6) is 0 Å². The fourth-order valence-corrected chi connectivity index (χ4v) is 5.82. The molecule has 0 saturated carbocycles. The summed E-state index contributed by atoms with van der Waals surface area (Å²) < 4.78 is 22.8. The quantitative estimate of drug-likeness (QED) is 0.0263. The zero-order valence-corrected chi connectivity index (χ0v) is 35.4. The van der Waals surface area contributed by atoms with Crippen LogP contribution in [0, 0.1) is 5.41 Å². The van der Waals surface area contributed by atoms with Crippen molar-refractivity contribution in [3.63, 3.8) is 0 Å². The monoisotopic (exact) mass is 764 g/mol. The van der Waals surface area contributed by atoms with Gasteiger partial charge in [-0.2, -0.15) is 0 Å². The molecule has 0 heterocycles. The molecule has 0 spiro atoms. The van der Waals surface area contributed by atoms with Crippen molar-refractivity contribution in [2.75, 3.05) is 47.1 Å². The number of carbonyl (C=O) groups is 4. The van der Waals surface area contributed by atoms with E-state index in [1.54, 1.807) is 19.0 Å². The van der Waals surface area contributed by atoms with Gasteiger partial charge >= 0.3 is 23.9 Å². The molecule has 0 amide bonds. The van der Waals surface area contributed by atoms with E-state index in [9.17, 15) is 19.2 Å². The molecule has 0 aliphatic heterocycles. The predicted molar refractivity (Wildman–Crippen MR) is 220 cm³/mol. The maximum absolute atomic E-state index is 12.9. The van der Waals surface area contributed by atoms with Crippen LogP contribution in [0.1, 0.15) is 188 Å². The van der Waals surface area contributed by atoms with Gasteiger partial charge < -0.3 is 18.9 Å². The Balaban J connectivity index is 5.24. The molecular formula is C45H81NO8. The Bertz CT molecular complexity index is 944. The van der Waals surface area contributed by atoms with Gasteiger partial charge in [0.2, 0.25) is 0 Å². The van der Waals surface area contributed by atoms with Gasteiger partial charge in [-0.25, -0.2) is 0 Å². The van der Waals surface area contributed by atoms with Gasteiger partial charge in [-0.1, -0.05) is 135 Å². The van der Waals surface area contributed by atoms with Crippen LogP contribution in [0.4, 0.5) is 0 Å². The number of hydrogen-bond acceptors (Lipinski definition) is 9. The van der Waals surface area contributed by atoms with Gasteiger partial charge in [-0.15, -0.1) is 0 Å². The first-order valence-electron chi connectivity index (χ1n) is 21.7. The first-order valence-corrected chi connectivity index (χ1v) is 21.7. The molecule has 0 N–H and O–H groups in total. The molecule has 0 aliphatic rings. The first-order chi connectivity index (χ1) is 26.2. The van der Waals surface area contributed by atoms with Crippen molar-refractivity contribution in [3.05, 3.63) is 24.3 Å². The lowest BCUT2D eigenvalue weighted by Gasteiger charge is -2.32. The summed E-state index contributed by atoms with van der Waals surface area (Å²) >= 11 is 0. The van der Waals surface area contributed by atoms with E-state index in [0.717, 1.165) is 109 Å². The van der Waals surface area contributed by atoms with Crippen LogP contribution in [-0.4, -0.2) is 75.8 Å². The van der Waals surface area contributed by atoms with Crippen LogP contribution in [-0.2, 0) is 38.1 Å². The van der Waals surface area contributed by atoms with E-state index >= 15 is 0 Å². The number of hydrogen-bond donors (Lipinski definition) is 0. The Morgan fingerprint density at radius 3 is 1.06 bits per heavy atom. The van der Waals surface area contributed by atoms with Crippen LogP contribution >= 0.6 is 0 Å². The highest BCUT2D eigenvalue weighted by atomic mass is 16.6. The molecule has 54 heavy (non-hydrogen) atoms. The van der Waals surface area contributed by atoms with Crippen LogP contribution < -0.4 is 0 Å². The summed E-state index contributed by atoms with van der Waals surface area (Å²) in [6.07, 6.45) is 34.2. The minimum Gasteiger partial charge on any atom is -0.465 e. The van der Waals surface area contributed by atoms with Crippen LogP contribution in [0.2, 0.25) is 0 Å². The lowest BCUT2D eigenvalue weighted by atomic mass is 9.92. The Morgan fingerprint density at radius 1 is 0.407 bits per heavy atom. The zero-order valence-electron chi connectivity index (χ0n) is 35.4. The third-order valence-electron chi connectivity index (χ3n) is 9.37. The average molecular weight is 764 g/mol. The molecule has 0 unspecified atom stereocenters. The SMILES string of the molecule is CCCC/C=C\CCCCCCCC(=O)OCC(COC(=O)CCCCCCC)(COC(=O)CCCCCCC/C=C\CCCC)COC(=O)CN(C)C. The second-order valence-electron chi connectivity index (χ2n) is 15.4. The van der Waals surface area contributed by atoms with E-state index in [1.807, 2.05) is 0 Å². The molecule has 0 aromatic rings. The zero-order chi connectivity index (χ0) is 40.0. The summed E-state index contributed by atoms with van der Waals surface area (Å²) in [5, 5.41) is 0. The first kappa shape index (κ1) is 51.3. The minimum absolute atomic E-state index is 0.0531. The lowest BCUT2D eigenvalue weighted by Crippen LogP contribution is -2.44. The Morgan fingerprint density at radius 2 is 0.704 bits per heavy atom. The highest BCUT2D eigenvalue weighted by Crippen LogP contribution is 2.23. The number of esters is 4. The second kappa shape index (κ2) is 37.3. The maximum Gasteiger partial charge on any atom is 0.320 e. The average Bonchev–Trinajstić information content (AvgIpc) is 3.15. The summed E-state index contributed by atoms with van der Waals surface area (Å²) in [5.41, 5.74) is -1.22. The standard InChI is InChI=1S/C45H81NO8/c1-6-9-12-15-17-19-21-23-25-28-31-34-42(48)52-38-45(40-54-44(50)36-46(4)5,37-51-41(47)33-30-27-14-11-8-3)39-53-43(49)35-32-29-26-24-22-20-18-16-13-10-7-2/h15-18H,6-14,19-40H2,1-5H3/b17-15-,18-16-. The summed E-state index contributed by atoms with van der Waals surface area (Å²) in [6.45, 7) is 5.79. The highest BCUT2D eigenvalue weighted by molar-refractivity contribution is 5.72. The molecule has 9 nitrogen and oxygen atoms in total. The fraction of sp³-hybridized carbons (Fsp3) is 0.822. The van der Waals surface area contributed by atoms with E-state index < -0.39 is 11.4 Å². The van der Waals surface area contributed by atoms with Crippen molar-refractivity contribution >= 4 is 23.9 Å². The van der Waals surface area contributed by atoms with Gasteiger partial charge in [0.05, 0.1) is 6.54 Å². The number of likely N-dealkylation sites (N-methyl/N-ethyl adjacent to an activating group) is 1. The van der Waals surface area contributed by atoms with Crippen molar-refractivity contribution in [3.8, 4) is 0 Å². The van der Waals surface area contributed by atoms with E-state index in [0.29, 0.717) is 12.8 Å². The molecule has 0 atom stereocenters. The molecule has 0 aliphatic carbocycles. The normalized spacial score (nSPS) is 11.8. The molecule has 0 aromatic carbocycles. The number of nitrogens with zero attached hydrogens (tertiary/aromatic N) is 1. The van der Waals surface area contributed by atoms with Crippen molar-refractivity contribution in [1.82, 2.24) is 4.90 Å². The number of allylic oxidation sites excluding steroid dienone is 4. The minimum atomic E-state index is -1.22. The molecule has 9 heteroatoms. The van der Waals surface area contributed by atoms with E-state index in [2.05, 4.69) is 45.1 Å². The largest absolute Gasteiger partial charge is 0.465 e. The molecule has 0 rings (SSSR count). The highest BCUT2D eigenvalue weighted by Gasteiger charge is 2.38. The molecule has 0 saturated heterocycles. The predicted octanol–water partition coefficient (Wildman–Crippen LogP) is 11.0. The van der Waals surface area contributed by atoms with Crippen LogP contribution in [0.15, 0.2) is 24.3 Å². The molecule has 0 fully saturated rings. The van der Waals surface area contributed by atoms with Crippen molar-refractivity contribution in [2.45, 2.75) is 188 Å². The Hall–Kier alpha value is -2.68. The molecule has 0 radical (unpaired) electrons. The smallest absolute Gasteiger partial charge is 0.320 e. The third-order valence-corrected chi connectivity index (χ3v) is 9.37. The van der Waals surface area contributed by atoms with E-state index in [-0.39, 0.29) is 70.1 Å². The third kappa shape index (κ3) is 33.9. The maximum atomic E-state index is 12.9. The molecule has 0 aromatic heterocycles. The lowest BCUT2D eigenvalue weighted by molar-refractivity contribution is -0.171. The van der Waals surface area contributed by atoms with Crippen molar-refractivity contribution < 1.29 is 38.1 Å². The fourth-order valence-electron chi connectivity index (χ4n) is 5.82. The molecular weight excluding hydrogens is 682 g/mol. The van der Waals surface area contributed by atoms with Gasteiger partial charge in [0, 0.05) is 19.3 Å². The number of rotatable bonds is 38. The summed E-state index contributed by atoms with van der Waals surface area (Å²) in [7, 11) is 3.52. The van der Waals surface area contributed by atoms with Crippen LogP contribution in [0.25, 0.3) is 0 Å². The van der Waals surface area contributed by atoms with Gasteiger partial charge in [-0.3, -0.25) is 24.1 Å². The van der Waals surface area contributed by atoms with Crippen LogP contribution in [0.3, 0.4) is 0 Å². The Kier molecular flexibility index (Phi) is 35.4. The van der Waals surface area contributed by atoms with Crippen molar-refractivity contribution in [1.29, 1.82) is 0 Å². The van der Waals surface area contributed by atoms with Gasteiger partial charge in [0.25, 0.3) is 0 Å². The number of unbranched alkanes of at least 4 members (excludes halogenated alkanes) is 18. The van der Waals surface area contributed by atoms with E-state index in [1.165, 1.54) is 25.7 Å². The topological polar surface area (TPSA) is 108 Å². The molecule has 0 bridgehead atoms. The second-order valence-corrected chi connectivity index (χ2v) is 15.4. The van der Waals surface area contributed by atoms with Gasteiger partial charge in [0.15, 0.2) is 0 Å². The van der Waals surface area contributed by atoms with E-state index in [4.69, 9.17) is 18.9 Å². The van der Waals surface area contributed by atoms with Crippen molar-refractivity contribution in [2.24, 2.45) is 5.41 Å². The number of carbonyl (C=O) groups excluding carboxylic acids is 4. The Labute approximate surface area is 330 Å². The summed E-state index contributed by atoms with van der Waals surface area (Å²) in [6, 6.07) is 0. The summed E-state index contributed by atoms with van der Waals surface area (Å²) in [4.78, 5) is 52.9. The molecule has 314 valence electrons. The number of ether oxygens (including phenoxy) is 4. The van der Waals surface area contributed by atoms with Gasteiger partial charge in [-0.05, 0) is 71.9 Å². The van der Waals surface area contributed by atoms with Gasteiger partial charge in [0.1, 0.15) is 31.8 Å².